The van der Waals surface area contributed by atoms with Gasteiger partial charge < -0.3 is 20.7 Å². The third kappa shape index (κ3) is 6.12. The number of hydrogen-bond acceptors (Lipinski definition) is 4. The highest BCUT2D eigenvalue weighted by Gasteiger charge is 2.06. The molecule has 0 atom stereocenters. The van der Waals surface area contributed by atoms with Crippen LogP contribution in [0.15, 0.2) is 48.5 Å². The average molecular weight is 355 g/mol. The Hall–Kier alpha value is -3.02. The van der Waals surface area contributed by atoms with Gasteiger partial charge in [-0.05, 0) is 36.8 Å². The molecule has 0 aliphatic heterocycles. The minimum atomic E-state index is -0.180. The van der Waals surface area contributed by atoms with E-state index in [1.165, 1.54) is 0 Å². The second-order valence-electron chi connectivity index (χ2n) is 5.79. The van der Waals surface area contributed by atoms with Gasteiger partial charge in [-0.25, -0.2) is 0 Å². The molecule has 0 bridgehead atoms. The molecule has 6 heteroatoms. The molecule has 0 saturated heterocycles. The Morgan fingerprint density at radius 2 is 1.81 bits per heavy atom. The molecule has 6 nitrogen and oxygen atoms in total. The first-order valence-electron chi connectivity index (χ1n) is 8.71. The van der Waals surface area contributed by atoms with E-state index in [1.54, 1.807) is 31.3 Å². The Balaban J connectivity index is 1.87. The number of rotatable bonds is 9. The molecule has 0 aliphatic carbocycles. The van der Waals surface area contributed by atoms with Crippen LogP contribution in [0, 0.1) is 0 Å². The Morgan fingerprint density at radius 1 is 1.04 bits per heavy atom. The smallest absolute Gasteiger partial charge is 0.251 e. The van der Waals surface area contributed by atoms with Gasteiger partial charge in [0.25, 0.3) is 5.91 Å². The van der Waals surface area contributed by atoms with E-state index in [4.69, 9.17) is 4.74 Å². The molecule has 0 unspecified atom stereocenters. The quantitative estimate of drug-likeness (QED) is 0.603. The van der Waals surface area contributed by atoms with Gasteiger partial charge in [0.1, 0.15) is 5.75 Å². The number of nitrogens with one attached hydrogen (secondary N) is 3. The van der Waals surface area contributed by atoms with E-state index in [2.05, 4.69) is 22.9 Å². The van der Waals surface area contributed by atoms with Gasteiger partial charge >= 0.3 is 0 Å². The molecule has 0 saturated carbocycles. The summed E-state index contributed by atoms with van der Waals surface area (Å²) in [6, 6.07) is 14.3. The summed E-state index contributed by atoms with van der Waals surface area (Å²) in [7, 11) is 1.58. The second kappa shape index (κ2) is 10.1. The van der Waals surface area contributed by atoms with Crippen LogP contribution in [0.4, 0.5) is 11.4 Å². The topological polar surface area (TPSA) is 79.5 Å². The monoisotopic (exact) mass is 355 g/mol. The van der Waals surface area contributed by atoms with Gasteiger partial charge in [0, 0.05) is 30.1 Å². The fourth-order valence-electron chi connectivity index (χ4n) is 2.30. The molecule has 138 valence electrons. The van der Waals surface area contributed by atoms with E-state index in [-0.39, 0.29) is 18.4 Å². The summed E-state index contributed by atoms with van der Waals surface area (Å²) in [5.41, 5.74) is 1.93. The first-order valence-corrected chi connectivity index (χ1v) is 8.71. The summed E-state index contributed by atoms with van der Waals surface area (Å²) < 4.78 is 5.64. The van der Waals surface area contributed by atoms with Gasteiger partial charge in [0.05, 0.1) is 13.2 Å². The van der Waals surface area contributed by atoms with E-state index in [9.17, 15) is 9.59 Å². The Morgan fingerprint density at radius 3 is 2.58 bits per heavy atom. The third-order valence-corrected chi connectivity index (χ3v) is 3.69. The fourth-order valence-corrected chi connectivity index (χ4v) is 2.30. The lowest BCUT2D eigenvalue weighted by Gasteiger charge is -2.10. The van der Waals surface area contributed by atoms with Crippen molar-refractivity contribution < 1.29 is 14.3 Å². The molecule has 2 aromatic carbocycles. The van der Waals surface area contributed by atoms with Crippen LogP contribution >= 0.6 is 0 Å². The highest BCUT2D eigenvalue weighted by Crippen LogP contribution is 2.18. The number of unbranched alkanes of at least 4 members (excludes halogenated alkanes) is 1. The van der Waals surface area contributed by atoms with Crippen molar-refractivity contribution in [3.8, 4) is 5.75 Å². The minimum Gasteiger partial charge on any atom is -0.494 e. The zero-order chi connectivity index (χ0) is 18.8. The SMILES string of the molecule is CCCCOc1cccc(NC(=O)CNc2cccc(C(=O)NC)c2)c1. The lowest BCUT2D eigenvalue weighted by molar-refractivity contribution is -0.114. The Kier molecular flexibility index (Phi) is 7.49. The standard InChI is InChI=1S/C20H25N3O3/c1-3-4-11-26-18-10-6-9-17(13-18)23-19(24)14-22-16-8-5-7-15(12-16)20(25)21-2/h5-10,12-13,22H,3-4,11,14H2,1-2H3,(H,21,25)(H,23,24). The summed E-state index contributed by atoms with van der Waals surface area (Å²) >= 11 is 0. The summed E-state index contributed by atoms with van der Waals surface area (Å²) in [5, 5.41) is 8.42. The molecule has 0 aliphatic rings. The largest absolute Gasteiger partial charge is 0.494 e. The van der Waals surface area contributed by atoms with Crippen molar-refractivity contribution in [2.24, 2.45) is 0 Å². The second-order valence-corrected chi connectivity index (χ2v) is 5.79. The zero-order valence-corrected chi connectivity index (χ0v) is 15.2. The lowest BCUT2D eigenvalue weighted by Crippen LogP contribution is -2.22. The number of anilines is 2. The summed E-state index contributed by atoms with van der Waals surface area (Å²) in [6.07, 6.45) is 2.07. The fraction of sp³-hybridized carbons (Fsp3) is 0.300. The Labute approximate surface area is 153 Å². The maximum absolute atomic E-state index is 12.1. The zero-order valence-electron chi connectivity index (χ0n) is 15.2. The molecule has 0 spiro atoms. The predicted molar refractivity (Wildman–Crippen MR) is 104 cm³/mol. The number of amides is 2. The highest BCUT2D eigenvalue weighted by atomic mass is 16.5. The van der Waals surface area contributed by atoms with Crippen LogP contribution in [0.5, 0.6) is 5.75 Å². The number of carbonyl (C=O) groups excluding carboxylic acids is 2. The molecule has 2 amide bonds. The van der Waals surface area contributed by atoms with Crippen molar-refractivity contribution in [2.45, 2.75) is 19.8 Å². The van der Waals surface area contributed by atoms with Crippen LogP contribution < -0.4 is 20.7 Å². The molecule has 2 rings (SSSR count). The maximum Gasteiger partial charge on any atom is 0.251 e. The van der Waals surface area contributed by atoms with Crippen molar-refractivity contribution in [3.63, 3.8) is 0 Å². The maximum atomic E-state index is 12.1. The van der Waals surface area contributed by atoms with Crippen LogP contribution in [-0.4, -0.2) is 32.0 Å². The van der Waals surface area contributed by atoms with Gasteiger partial charge in [0.2, 0.25) is 5.91 Å². The molecule has 0 aromatic heterocycles. The molecule has 2 aromatic rings. The molecule has 0 fully saturated rings. The summed E-state index contributed by atoms with van der Waals surface area (Å²) in [6.45, 7) is 2.87. The van der Waals surface area contributed by atoms with Gasteiger partial charge in [-0.15, -0.1) is 0 Å². The molecule has 26 heavy (non-hydrogen) atoms. The Bertz CT molecular complexity index is 747. The van der Waals surface area contributed by atoms with E-state index in [0.717, 1.165) is 18.6 Å². The molecular weight excluding hydrogens is 330 g/mol. The summed E-state index contributed by atoms with van der Waals surface area (Å²) in [5.74, 6) is 0.390. The van der Waals surface area contributed by atoms with Crippen molar-refractivity contribution in [3.05, 3.63) is 54.1 Å². The van der Waals surface area contributed by atoms with Crippen LogP contribution in [0.2, 0.25) is 0 Å². The van der Waals surface area contributed by atoms with Crippen molar-refractivity contribution in [1.82, 2.24) is 5.32 Å². The first-order chi connectivity index (χ1) is 12.6. The van der Waals surface area contributed by atoms with E-state index in [0.29, 0.717) is 23.5 Å². The van der Waals surface area contributed by atoms with Gasteiger partial charge in [0.15, 0.2) is 0 Å². The number of hydrogen-bond donors (Lipinski definition) is 3. The minimum absolute atomic E-state index is 0.0954. The van der Waals surface area contributed by atoms with Crippen LogP contribution in [-0.2, 0) is 4.79 Å². The van der Waals surface area contributed by atoms with E-state index < -0.39 is 0 Å². The summed E-state index contributed by atoms with van der Waals surface area (Å²) in [4.78, 5) is 23.8. The van der Waals surface area contributed by atoms with Crippen molar-refractivity contribution in [2.75, 3.05) is 30.8 Å². The molecule has 0 radical (unpaired) electrons. The molecule has 0 heterocycles. The molecular formula is C20H25N3O3. The van der Waals surface area contributed by atoms with Crippen LogP contribution in [0.25, 0.3) is 0 Å². The van der Waals surface area contributed by atoms with E-state index >= 15 is 0 Å². The average Bonchev–Trinajstić information content (AvgIpc) is 2.66. The van der Waals surface area contributed by atoms with E-state index in [1.807, 2.05) is 24.3 Å². The van der Waals surface area contributed by atoms with Crippen molar-refractivity contribution >= 4 is 23.2 Å². The van der Waals surface area contributed by atoms with Gasteiger partial charge in [-0.1, -0.05) is 25.5 Å². The highest BCUT2D eigenvalue weighted by molar-refractivity contribution is 5.96. The number of benzene rings is 2. The number of carbonyl (C=O) groups is 2. The van der Waals surface area contributed by atoms with Crippen molar-refractivity contribution in [1.29, 1.82) is 0 Å². The van der Waals surface area contributed by atoms with Crippen LogP contribution in [0.3, 0.4) is 0 Å². The lowest BCUT2D eigenvalue weighted by atomic mass is 10.2. The predicted octanol–water partition coefficient (Wildman–Crippen LogP) is 3.28. The van der Waals surface area contributed by atoms with Crippen LogP contribution in [0.1, 0.15) is 30.1 Å². The van der Waals surface area contributed by atoms with Gasteiger partial charge in [-0.3, -0.25) is 9.59 Å². The number of ether oxygens (including phenoxy) is 1. The first kappa shape index (κ1) is 19.3. The van der Waals surface area contributed by atoms with Gasteiger partial charge in [-0.2, -0.15) is 0 Å². The normalized spacial score (nSPS) is 10.1. The third-order valence-electron chi connectivity index (χ3n) is 3.69. The molecule has 3 N–H and O–H groups in total.